The van der Waals surface area contributed by atoms with Crippen molar-refractivity contribution < 1.29 is 13.9 Å². The molecule has 0 aliphatic heterocycles. The molecule has 1 amide bonds. The van der Waals surface area contributed by atoms with Crippen molar-refractivity contribution in [2.75, 3.05) is 7.11 Å². The van der Waals surface area contributed by atoms with Crippen LogP contribution in [0.15, 0.2) is 48.8 Å². The summed E-state index contributed by atoms with van der Waals surface area (Å²) in [5.74, 6) is 0.130. The number of hydrogen-bond donors (Lipinski definition) is 1. The standard InChI is InChI=1S/C19H16Cl2FN3O2/c1-25-8-7-23-18(25)16(11-3-5-13(22)6-4-11)24-19(26)12-9-14(20)17(27-2)15(21)10-12/h3-10,16H,1-2H3,(H,24,26). The fourth-order valence-corrected chi connectivity index (χ4v) is 3.35. The van der Waals surface area contributed by atoms with Gasteiger partial charge in [0.15, 0.2) is 5.75 Å². The summed E-state index contributed by atoms with van der Waals surface area (Å²) in [5.41, 5.74) is 0.955. The van der Waals surface area contributed by atoms with Gasteiger partial charge in [-0.2, -0.15) is 0 Å². The number of ether oxygens (including phenoxy) is 1. The molecule has 140 valence electrons. The molecule has 0 fully saturated rings. The van der Waals surface area contributed by atoms with Crippen molar-refractivity contribution in [3.05, 3.63) is 81.6 Å². The molecular formula is C19H16Cl2FN3O2. The van der Waals surface area contributed by atoms with Gasteiger partial charge in [0.05, 0.1) is 17.2 Å². The highest BCUT2D eigenvalue weighted by atomic mass is 35.5. The van der Waals surface area contributed by atoms with E-state index in [1.807, 2.05) is 7.05 Å². The predicted molar refractivity (Wildman–Crippen MR) is 102 cm³/mol. The van der Waals surface area contributed by atoms with Crippen LogP contribution >= 0.6 is 23.2 Å². The van der Waals surface area contributed by atoms with Crippen LogP contribution in [0.4, 0.5) is 4.39 Å². The molecule has 27 heavy (non-hydrogen) atoms. The Morgan fingerprint density at radius 3 is 2.37 bits per heavy atom. The molecule has 1 aromatic heterocycles. The van der Waals surface area contributed by atoms with Crippen LogP contribution in [-0.2, 0) is 7.05 Å². The Labute approximate surface area is 165 Å². The first-order chi connectivity index (χ1) is 12.9. The lowest BCUT2D eigenvalue weighted by atomic mass is 10.0. The van der Waals surface area contributed by atoms with E-state index in [0.717, 1.165) is 0 Å². The van der Waals surface area contributed by atoms with E-state index in [0.29, 0.717) is 17.1 Å². The molecule has 1 atom stereocenters. The van der Waals surface area contributed by atoms with E-state index in [4.69, 9.17) is 27.9 Å². The molecule has 0 aliphatic rings. The van der Waals surface area contributed by atoms with E-state index in [2.05, 4.69) is 10.3 Å². The number of methoxy groups -OCH3 is 1. The number of carbonyl (C=O) groups excluding carboxylic acids is 1. The van der Waals surface area contributed by atoms with Crippen LogP contribution in [0.25, 0.3) is 0 Å². The first kappa shape index (κ1) is 19.2. The van der Waals surface area contributed by atoms with E-state index >= 15 is 0 Å². The van der Waals surface area contributed by atoms with Crippen LogP contribution in [0.2, 0.25) is 10.0 Å². The summed E-state index contributed by atoms with van der Waals surface area (Å²) in [6, 6.07) is 8.23. The van der Waals surface area contributed by atoms with Crippen LogP contribution < -0.4 is 10.1 Å². The summed E-state index contributed by atoms with van der Waals surface area (Å²) in [7, 11) is 3.25. The van der Waals surface area contributed by atoms with Gasteiger partial charge in [-0.3, -0.25) is 4.79 Å². The summed E-state index contributed by atoms with van der Waals surface area (Å²) >= 11 is 12.3. The molecule has 0 radical (unpaired) electrons. The zero-order chi connectivity index (χ0) is 19.6. The molecule has 0 bridgehead atoms. The Hall–Kier alpha value is -2.57. The van der Waals surface area contributed by atoms with Gasteiger partial charge in [0.1, 0.15) is 17.7 Å². The number of halogens is 3. The molecule has 2 aromatic carbocycles. The molecule has 1 heterocycles. The molecule has 8 heteroatoms. The van der Waals surface area contributed by atoms with Gasteiger partial charge in [-0.25, -0.2) is 9.37 Å². The highest BCUT2D eigenvalue weighted by Crippen LogP contribution is 2.34. The molecule has 3 aromatic rings. The van der Waals surface area contributed by atoms with E-state index in [1.54, 1.807) is 29.1 Å². The fourth-order valence-electron chi connectivity index (χ4n) is 2.71. The molecule has 5 nitrogen and oxygen atoms in total. The number of hydrogen-bond acceptors (Lipinski definition) is 3. The third-order valence-electron chi connectivity index (χ3n) is 4.06. The lowest BCUT2D eigenvalue weighted by Crippen LogP contribution is -2.31. The minimum Gasteiger partial charge on any atom is -0.494 e. The largest absolute Gasteiger partial charge is 0.494 e. The number of benzene rings is 2. The van der Waals surface area contributed by atoms with Crippen molar-refractivity contribution >= 4 is 29.1 Å². The lowest BCUT2D eigenvalue weighted by Gasteiger charge is -2.19. The quantitative estimate of drug-likeness (QED) is 0.681. The summed E-state index contributed by atoms with van der Waals surface area (Å²) in [6.07, 6.45) is 3.39. The van der Waals surface area contributed by atoms with E-state index < -0.39 is 11.9 Å². The van der Waals surface area contributed by atoms with Crippen molar-refractivity contribution in [2.24, 2.45) is 7.05 Å². The molecule has 1 N–H and O–H groups in total. The van der Waals surface area contributed by atoms with Gasteiger partial charge in [0.25, 0.3) is 5.91 Å². The molecular weight excluding hydrogens is 392 g/mol. The van der Waals surface area contributed by atoms with Crippen molar-refractivity contribution in [1.29, 1.82) is 0 Å². The third kappa shape index (κ3) is 4.07. The van der Waals surface area contributed by atoms with Gasteiger partial charge in [-0.15, -0.1) is 0 Å². The number of aryl methyl sites for hydroxylation is 1. The van der Waals surface area contributed by atoms with Crippen LogP contribution in [0.1, 0.15) is 27.8 Å². The van der Waals surface area contributed by atoms with Gasteiger partial charge in [-0.05, 0) is 29.8 Å². The van der Waals surface area contributed by atoms with Crippen LogP contribution in [-0.4, -0.2) is 22.6 Å². The number of nitrogens with one attached hydrogen (secondary N) is 1. The average Bonchev–Trinajstić information content (AvgIpc) is 3.06. The number of rotatable bonds is 5. The lowest BCUT2D eigenvalue weighted by molar-refractivity contribution is 0.0941. The highest BCUT2D eigenvalue weighted by molar-refractivity contribution is 6.37. The second-order valence-electron chi connectivity index (χ2n) is 5.83. The molecule has 0 aliphatic carbocycles. The maximum absolute atomic E-state index is 13.3. The number of nitrogens with zero attached hydrogens (tertiary/aromatic N) is 2. The van der Waals surface area contributed by atoms with E-state index in [1.165, 1.54) is 31.4 Å². The van der Waals surface area contributed by atoms with Crippen molar-refractivity contribution in [3.63, 3.8) is 0 Å². The Bertz CT molecular complexity index is 950. The summed E-state index contributed by atoms with van der Waals surface area (Å²) in [5, 5.41) is 3.36. The minimum atomic E-state index is -0.585. The Kier molecular flexibility index (Phi) is 5.68. The Morgan fingerprint density at radius 2 is 1.85 bits per heavy atom. The molecule has 1 unspecified atom stereocenters. The minimum absolute atomic E-state index is 0.227. The van der Waals surface area contributed by atoms with Gasteiger partial charge >= 0.3 is 0 Å². The average molecular weight is 408 g/mol. The predicted octanol–water partition coefficient (Wildman–Crippen LogP) is 4.39. The zero-order valence-corrected chi connectivity index (χ0v) is 16.1. The number of carbonyl (C=O) groups is 1. The zero-order valence-electron chi connectivity index (χ0n) is 14.5. The summed E-state index contributed by atoms with van der Waals surface area (Å²) < 4.78 is 20.2. The monoisotopic (exact) mass is 407 g/mol. The summed E-state index contributed by atoms with van der Waals surface area (Å²) in [4.78, 5) is 17.1. The van der Waals surface area contributed by atoms with E-state index in [9.17, 15) is 9.18 Å². The van der Waals surface area contributed by atoms with Crippen LogP contribution in [0, 0.1) is 5.82 Å². The normalized spacial score (nSPS) is 11.9. The molecule has 0 saturated heterocycles. The van der Waals surface area contributed by atoms with Gasteiger partial charge in [0, 0.05) is 25.0 Å². The first-order valence-corrected chi connectivity index (χ1v) is 8.73. The molecule has 0 spiro atoms. The van der Waals surface area contributed by atoms with Gasteiger partial charge in [0.2, 0.25) is 0 Å². The SMILES string of the molecule is COc1c(Cl)cc(C(=O)NC(c2ccc(F)cc2)c2nccn2C)cc1Cl. The van der Waals surface area contributed by atoms with Crippen LogP contribution in [0.3, 0.4) is 0 Å². The van der Waals surface area contributed by atoms with E-state index in [-0.39, 0.29) is 21.4 Å². The smallest absolute Gasteiger partial charge is 0.252 e. The molecule has 3 rings (SSSR count). The number of amides is 1. The summed E-state index contributed by atoms with van der Waals surface area (Å²) in [6.45, 7) is 0. The molecule has 0 saturated carbocycles. The van der Waals surface area contributed by atoms with Gasteiger partial charge < -0.3 is 14.6 Å². The van der Waals surface area contributed by atoms with Gasteiger partial charge in [-0.1, -0.05) is 35.3 Å². The van der Waals surface area contributed by atoms with Crippen LogP contribution in [0.5, 0.6) is 5.75 Å². The third-order valence-corrected chi connectivity index (χ3v) is 4.62. The Morgan fingerprint density at radius 1 is 1.22 bits per heavy atom. The number of imidazole rings is 1. The van der Waals surface area contributed by atoms with Crippen molar-refractivity contribution in [3.8, 4) is 5.75 Å². The topological polar surface area (TPSA) is 56.1 Å². The van der Waals surface area contributed by atoms with Crippen molar-refractivity contribution in [2.45, 2.75) is 6.04 Å². The first-order valence-electron chi connectivity index (χ1n) is 7.97. The maximum atomic E-state index is 13.3. The number of aromatic nitrogens is 2. The fraction of sp³-hybridized carbons (Fsp3) is 0.158. The second kappa shape index (κ2) is 7.98. The second-order valence-corrected chi connectivity index (χ2v) is 6.64. The van der Waals surface area contributed by atoms with Crippen molar-refractivity contribution in [1.82, 2.24) is 14.9 Å². The highest BCUT2D eigenvalue weighted by Gasteiger charge is 2.22. The Balaban J connectivity index is 1.96. The maximum Gasteiger partial charge on any atom is 0.252 e.